The molecule has 4 nitrogen and oxygen atoms in total. The molecule has 0 radical (unpaired) electrons. The van der Waals surface area contributed by atoms with E-state index < -0.39 is 11.7 Å². The van der Waals surface area contributed by atoms with Crippen LogP contribution in [0.1, 0.15) is 26.5 Å². The zero-order chi connectivity index (χ0) is 20.6. The van der Waals surface area contributed by atoms with Crippen LogP contribution in [0.4, 0.5) is 13.2 Å². The van der Waals surface area contributed by atoms with Crippen LogP contribution in [0.15, 0.2) is 48.5 Å². The van der Waals surface area contributed by atoms with Crippen LogP contribution in [0.25, 0.3) is 10.6 Å². The Bertz CT molecular complexity index is 1040. The van der Waals surface area contributed by atoms with Crippen LogP contribution >= 0.6 is 11.3 Å². The Morgan fingerprint density at radius 2 is 1.93 bits per heavy atom. The second kappa shape index (κ2) is 7.51. The SMILES string of the molecule is COc1cccc(C(=O)N2CCc3nc(-c4ccc(C(F)(F)F)cc4)sc3C2)c1. The number of alkyl halides is 3. The molecule has 29 heavy (non-hydrogen) atoms. The Balaban J connectivity index is 1.53. The molecular weight excluding hydrogens is 401 g/mol. The van der Waals surface area contributed by atoms with E-state index in [0.29, 0.717) is 41.4 Å². The average Bonchev–Trinajstić information content (AvgIpc) is 3.16. The summed E-state index contributed by atoms with van der Waals surface area (Å²) in [4.78, 5) is 20.1. The van der Waals surface area contributed by atoms with Crippen molar-refractivity contribution in [3.05, 3.63) is 70.2 Å². The molecule has 0 bridgehead atoms. The first-order chi connectivity index (χ1) is 13.8. The van der Waals surface area contributed by atoms with E-state index >= 15 is 0 Å². The van der Waals surface area contributed by atoms with E-state index in [0.717, 1.165) is 22.7 Å². The highest BCUT2D eigenvalue weighted by Gasteiger charge is 2.30. The van der Waals surface area contributed by atoms with Crippen molar-refractivity contribution in [2.45, 2.75) is 19.1 Å². The normalized spacial score (nSPS) is 13.9. The lowest BCUT2D eigenvalue weighted by Crippen LogP contribution is -2.35. The van der Waals surface area contributed by atoms with Gasteiger partial charge >= 0.3 is 6.18 Å². The van der Waals surface area contributed by atoms with E-state index in [1.165, 1.54) is 23.5 Å². The van der Waals surface area contributed by atoms with Gasteiger partial charge in [-0.2, -0.15) is 13.2 Å². The summed E-state index contributed by atoms with van der Waals surface area (Å²) < 4.78 is 43.4. The summed E-state index contributed by atoms with van der Waals surface area (Å²) in [5.74, 6) is 0.537. The van der Waals surface area contributed by atoms with Gasteiger partial charge < -0.3 is 9.64 Å². The van der Waals surface area contributed by atoms with E-state index in [4.69, 9.17) is 4.74 Å². The molecule has 0 saturated heterocycles. The Morgan fingerprint density at radius 1 is 1.17 bits per heavy atom. The fraction of sp³-hybridized carbons (Fsp3) is 0.238. The number of carbonyl (C=O) groups is 1. The predicted octanol–water partition coefficient (Wildman–Crippen LogP) is 5.04. The first-order valence-electron chi connectivity index (χ1n) is 8.94. The number of carbonyl (C=O) groups excluding carboxylic acids is 1. The lowest BCUT2D eigenvalue weighted by Gasteiger charge is -2.26. The summed E-state index contributed by atoms with van der Waals surface area (Å²) in [6, 6.07) is 12.0. The maximum Gasteiger partial charge on any atom is 0.416 e. The quantitative estimate of drug-likeness (QED) is 0.599. The highest BCUT2D eigenvalue weighted by Crippen LogP contribution is 2.35. The first kappa shape index (κ1) is 19.4. The monoisotopic (exact) mass is 418 g/mol. The minimum atomic E-state index is -4.36. The highest BCUT2D eigenvalue weighted by molar-refractivity contribution is 7.15. The van der Waals surface area contributed by atoms with Gasteiger partial charge in [-0.15, -0.1) is 11.3 Å². The minimum Gasteiger partial charge on any atom is -0.497 e. The minimum absolute atomic E-state index is 0.0842. The number of ether oxygens (including phenoxy) is 1. The highest BCUT2D eigenvalue weighted by atomic mass is 32.1. The molecule has 0 unspecified atom stereocenters. The van der Waals surface area contributed by atoms with Crippen LogP contribution in [0.5, 0.6) is 5.75 Å². The van der Waals surface area contributed by atoms with Crippen molar-refractivity contribution in [1.82, 2.24) is 9.88 Å². The molecule has 4 rings (SSSR count). The maximum absolute atomic E-state index is 12.8. The number of hydrogen-bond acceptors (Lipinski definition) is 4. The van der Waals surface area contributed by atoms with Crippen LogP contribution in [-0.4, -0.2) is 29.4 Å². The lowest BCUT2D eigenvalue weighted by molar-refractivity contribution is -0.137. The zero-order valence-electron chi connectivity index (χ0n) is 15.5. The number of benzene rings is 2. The van der Waals surface area contributed by atoms with Crippen LogP contribution in [0.2, 0.25) is 0 Å². The second-order valence-electron chi connectivity index (χ2n) is 6.67. The van der Waals surface area contributed by atoms with Crippen molar-refractivity contribution >= 4 is 17.2 Å². The van der Waals surface area contributed by atoms with Crippen LogP contribution in [0, 0.1) is 0 Å². The van der Waals surface area contributed by atoms with Gasteiger partial charge in [0.2, 0.25) is 0 Å². The van der Waals surface area contributed by atoms with Gasteiger partial charge in [-0.3, -0.25) is 4.79 Å². The molecule has 0 spiro atoms. The standard InChI is InChI=1S/C21H17F3N2O2S/c1-28-16-4-2-3-14(11-16)20(27)26-10-9-17-18(12-26)29-19(25-17)13-5-7-15(8-6-13)21(22,23)24/h2-8,11H,9-10,12H2,1H3. The second-order valence-corrected chi connectivity index (χ2v) is 7.76. The molecule has 150 valence electrons. The Morgan fingerprint density at radius 3 is 2.62 bits per heavy atom. The zero-order valence-corrected chi connectivity index (χ0v) is 16.3. The molecule has 1 amide bonds. The van der Waals surface area contributed by atoms with Crippen molar-refractivity contribution in [2.24, 2.45) is 0 Å². The lowest BCUT2D eigenvalue weighted by atomic mass is 10.1. The van der Waals surface area contributed by atoms with Crippen molar-refractivity contribution in [3.63, 3.8) is 0 Å². The van der Waals surface area contributed by atoms with E-state index in [2.05, 4.69) is 4.98 Å². The molecule has 0 saturated carbocycles. The number of rotatable bonds is 3. The van der Waals surface area contributed by atoms with Gasteiger partial charge in [0, 0.05) is 29.0 Å². The number of methoxy groups -OCH3 is 1. The summed E-state index contributed by atoms with van der Waals surface area (Å²) in [6.07, 6.45) is -3.75. The van der Waals surface area contributed by atoms with Crippen LogP contribution < -0.4 is 4.74 Å². The van der Waals surface area contributed by atoms with Crippen molar-refractivity contribution < 1.29 is 22.7 Å². The number of amides is 1. The van der Waals surface area contributed by atoms with E-state index in [9.17, 15) is 18.0 Å². The van der Waals surface area contributed by atoms with Crippen LogP contribution in [-0.2, 0) is 19.1 Å². The van der Waals surface area contributed by atoms with Crippen molar-refractivity contribution in [2.75, 3.05) is 13.7 Å². The molecule has 1 aliphatic rings. The van der Waals surface area contributed by atoms with Gasteiger partial charge in [-0.25, -0.2) is 4.98 Å². The molecule has 0 aliphatic carbocycles. The number of halogens is 3. The van der Waals surface area contributed by atoms with Gasteiger partial charge in [0.05, 0.1) is 24.9 Å². The van der Waals surface area contributed by atoms with E-state index in [1.807, 2.05) is 0 Å². The average molecular weight is 418 g/mol. The third-order valence-electron chi connectivity index (χ3n) is 4.79. The molecular formula is C21H17F3N2O2S. The van der Waals surface area contributed by atoms with Gasteiger partial charge in [-0.1, -0.05) is 18.2 Å². The fourth-order valence-electron chi connectivity index (χ4n) is 3.23. The fourth-order valence-corrected chi connectivity index (χ4v) is 4.36. The molecule has 3 aromatic rings. The molecule has 0 N–H and O–H groups in total. The molecule has 8 heteroatoms. The molecule has 1 aliphatic heterocycles. The third-order valence-corrected chi connectivity index (χ3v) is 5.93. The summed E-state index contributed by atoms with van der Waals surface area (Å²) in [6.45, 7) is 0.975. The van der Waals surface area contributed by atoms with Gasteiger partial charge in [-0.05, 0) is 30.3 Å². The van der Waals surface area contributed by atoms with Crippen molar-refractivity contribution in [1.29, 1.82) is 0 Å². The smallest absolute Gasteiger partial charge is 0.416 e. The number of thiazole rings is 1. The van der Waals surface area contributed by atoms with Crippen molar-refractivity contribution in [3.8, 4) is 16.3 Å². The summed E-state index contributed by atoms with van der Waals surface area (Å²) in [5.41, 5.74) is 1.42. The molecule has 0 fully saturated rings. The molecule has 2 aromatic carbocycles. The summed E-state index contributed by atoms with van der Waals surface area (Å²) >= 11 is 1.41. The Kier molecular flexibility index (Phi) is 5.04. The Labute approximate surface area is 169 Å². The summed E-state index contributed by atoms with van der Waals surface area (Å²) in [7, 11) is 1.55. The molecule has 2 heterocycles. The Hall–Kier alpha value is -2.87. The van der Waals surface area contributed by atoms with Gasteiger partial charge in [0.25, 0.3) is 5.91 Å². The number of fused-ring (bicyclic) bond motifs is 1. The van der Waals surface area contributed by atoms with Crippen LogP contribution in [0.3, 0.4) is 0 Å². The number of aromatic nitrogens is 1. The topological polar surface area (TPSA) is 42.4 Å². The summed E-state index contributed by atoms with van der Waals surface area (Å²) in [5, 5.41) is 0.666. The molecule has 1 aromatic heterocycles. The number of hydrogen-bond donors (Lipinski definition) is 0. The maximum atomic E-state index is 12.8. The largest absolute Gasteiger partial charge is 0.497 e. The molecule has 0 atom stereocenters. The van der Waals surface area contributed by atoms with E-state index in [-0.39, 0.29) is 5.91 Å². The predicted molar refractivity (Wildman–Crippen MR) is 104 cm³/mol. The first-order valence-corrected chi connectivity index (χ1v) is 9.76. The third kappa shape index (κ3) is 3.98. The number of nitrogens with zero attached hydrogens (tertiary/aromatic N) is 2. The van der Waals surface area contributed by atoms with Gasteiger partial charge in [0.15, 0.2) is 0 Å². The van der Waals surface area contributed by atoms with Gasteiger partial charge in [0.1, 0.15) is 10.8 Å². The van der Waals surface area contributed by atoms with E-state index in [1.54, 1.807) is 36.3 Å².